The van der Waals surface area contributed by atoms with Crippen LogP contribution in [-0.4, -0.2) is 25.1 Å². The number of anilines is 1. The Hall–Kier alpha value is -3.32. The van der Waals surface area contributed by atoms with E-state index in [1.807, 2.05) is 55.5 Å². The molecule has 0 aliphatic heterocycles. The number of carbonyl (C=O) groups excluding carboxylic acids is 1. The fourth-order valence-electron chi connectivity index (χ4n) is 3.46. The Morgan fingerprint density at radius 1 is 1.06 bits per heavy atom. The first-order chi connectivity index (χ1) is 15.0. The van der Waals surface area contributed by atoms with E-state index in [1.54, 1.807) is 31.4 Å². The maximum atomic E-state index is 13.6. The average molecular weight is 481 g/mol. The minimum Gasteiger partial charge on any atom is -0.493 e. The maximum Gasteiger partial charge on any atom is 0.295 e. The van der Waals surface area contributed by atoms with Gasteiger partial charge in [0.1, 0.15) is 11.4 Å². The quantitative estimate of drug-likeness (QED) is 0.350. The molecule has 0 bridgehead atoms. The maximum absolute atomic E-state index is 13.6. The van der Waals surface area contributed by atoms with E-state index in [4.69, 9.17) is 13.9 Å². The van der Waals surface area contributed by atoms with Crippen molar-refractivity contribution in [3.05, 3.63) is 82.2 Å². The number of amides is 1. The van der Waals surface area contributed by atoms with Crippen LogP contribution in [-0.2, 0) is 6.54 Å². The van der Waals surface area contributed by atoms with Gasteiger partial charge in [-0.1, -0.05) is 28.1 Å². The summed E-state index contributed by atoms with van der Waals surface area (Å²) in [6, 6.07) is 16.8. The summed E-state index contributed by atoms with van der Waals surface area (Å²) in [5, 5.41) is 0.902. The van der Waals surface area contributed by atoms with Crippen molar-refractivity contribution in [2.75, 3.05) is 19.1 Å². The van der Waals surface area contributed by atoms with Crippen LogP contribution in [0.2, 0.25) is 0 Å². The molecule has 6 nitrogen and oxygen atoms in total. The van der Waals surface area contributed by atoms with Gasteiger partial charge in [0.15, 0.2) is 17.3 Å². The fourth-order valence-corrected chi connectivity index (χ4v) is 3.80. The number of pyridine rings is 1. The number of benzene rings is 2. The zero-order valence-corrected chi connectivity index (χ0v) is 19.0. The number of ether oxygens (including phenoxy) is 2. The predicted molar refractivity (Wildman–Crippen MR) is 123 cm³/mol. The fraction of sp³-hybridized carbons (Fsp3) is 0.167. The third-order valence-corrected chi connectivity index (χ3v) is 5.55. The van der Waals surface area contributed by atoms with Gasteiger partial charge >= 0.3 is 0 Å². The van der Waals surface area contributed by atoms with Crippen LogP contribution in [0.15, 0.2) is 69.7 Å². The molecule has 0 aliphatic rings. The van der Waals surface area contributed by atoms with Gasteiger partial charge in [0, 0.05) is 21.6 Å². The molecule has 1 amide bonds. The van der Waals surface area contributed by atoms with Crippen molar-refractivity contribution in [1.29, 1.82) is 0 Å². The van der Waals surface area contributed by atoms with E-state index in [0.717, 1.165) is 21.0 Å². The summed E-state index contributed by atoms with van der Waals surface area (Å²) in [4.78, 5) is 19.6. The molecule has 2 aromatic heterocycles. The highest BCUT2D eigenvalue weighted by molar-refractivity contribution is 9.10. The van der Waals surface area contributed by atoms with E-state index in [-0.39, 0.29) is 12.5 Å². The van der Waals surface area contributed by atoms with Crippen LogP contribution in [0.3, 0.4) is 0 Å². The van der Waals surface area contributed by atoms with Crippen LogP contribution in [0.1, 0.15) is 21.7 Å². The number of rotatable bonds is 6. The lowest BCUT2D eigenvalue weighted by Gasteiger charge is -2.21. The summed E-state index contributed by atoms with van der Waals surface area (Å²) in [5.41, 5.74) is 2.32. The zero-order chi connectivity index (χ0) is 22.0. The summed E-state index contributed by atoms with van der Waals surface area (Å²) in [6.07, 6.45) is 1.66. The highest BCUT2D eigenvalue weighted by atomic mass is 79.9. The van der Waals surface area contributed by atoms with Gasteiger partial charge in [-0.2, -0.15) is 0 Å². The largest absolute Gasteiger partial charge is 0.493 e. The number of furan rings is 1. The van der Waals surface area contributed by atoms with Gasteiger partial charge in [-0.3, -0.25) is 9.69 Å². The number of methoxy groups -OCH3 is 2. The molecule has 0 aliphatic carbocycles. The molecule has 158 valence electrons. The molecule has 0 radical (unpaired) electrons. The van der Waals surface area contributed by atoms with Gasteiger partial charge in [0.2, 0.25) is 0 Å². The third-order valence-electron chi connectivity index (χ3n) is 5.05. The van der Waals surface area contributed by atoms with Crippen molar-refractivity contribution < 1.29 is 18.7 Å². The first kappa shape index (κ1) is 20.9. The highest BCUT2D eigenvalue weighted by Crippen LogP contribution is 2.31. The molecule has 4 rings (SSSR count). The van der Waals surface area contributed by atoms with Gasteiger partial charge in [-0.05, 0) is 55.0 Å². The van der Waals surface area contributed by atoms with Crippen LogP contribution in [0.4, 0.5) is 5.82 Å². The molecule has 2 aromatic carbocycles. The van der Waals surface area contributed by atoms with Gasteiger partial charge in [0.25, 0.3) is 5.91 Å². The van der Waals surface area contributed by atoms with Crippen LogP contribution in [0, 0.1) is 6.92 Å². The summed E-state index contributed by atoms with van der Waals surface area (Å²) in [6.45, 7) is 2.18. The van der Waals surface area contributed by atoms with Crippen molar-refractivity contribution in [2.45, 2.75) is 13.5 Å². The van der Waals surface area contributed by atoms with E-state index in [1.165, 1.54) is 0 Å². The van der Waals surface area contributed by atoms with Crippen molar-refractivity contribution in [3.63, 3.8) is 0 Å². The Morgan fingerprint density at radius 3 is 2.58 bits per heavy atom. The molecule has 31 heavy (non-hydrogen) atoms. The van der Waals surface area contributed by atoms with E-state index in [2.05, 4.69) is 20.9 Å². The van der Waals surface area contributed by atoms with Crippen molar-refractivity contribution >= 4 is 38.6 Å². The molecule has 0 saturated heterocycles. The average Bonchev–Trinajstić information content (AvgIpc) is 3.12. The Bertz CT molecular complexity index is 1240. The molecule has 4 aromatic rings. The minimum atomic E-state index is -0.265. The SMILES string of the molecule is COc1ccc(CN(C(=O)c2oc3cc(Br)ccc3c2C)c2ccccn2)cc1OC. The molecular weight excluding hydrogens is 460 g/mol. The van der Waals surface area contributed by atoms with Crippen molar-refractivity contribution in [3.8, 4) is 11.5 Å². The normalized spacial score (nSPS) is 10.8. The Kier molecular flexibility index (Phi) is 5.95. The van der Waals surface area contributed by atoms with Gasteiger partial charge in [0.05, 0.1) is 20.8 Å². The summed E-state index contributed by atoms with van der Waals surface area (Å²) < 4.78 is 17.6. The molecule has 0 N–H and O–H groups in total. The molecule has 0 spiro atoms. The topological polar surface area (TPSA) is 64.8 Å². The second-order valence-corrected chi connectivity index (χ2v) is 7.88. The number of nitrogens with zero attached hydrogens (tertiary/aromatic N) is 2. The molecule has 0 unspecified atom stereocenters. The monoisotopic (exact) mass is 480 g/mol. The number of aromatic nitrogens is 1. The predicted octanol–water partition coefficient (Wildman–Crippen LogP) is 5.76. The number of hydrogen-bond acceptors (Lipinski definition) is 5. The molecule has 0 atom stereocenters. The lowest BCUT2D eigenvalue weighted by Crippen LogP contribution is -2.31. The third kappa shape index (κ3) is 4.14. The second-order valence-electron chi connectivity index (χ2n) is 6.97. The number of halogens is 1. The Morgan fingerprint density at radius 2 is 1.87 bits per heavy atom. The minimum absolute atomic E-state index is 0.265. The molecule has 0 fully saturated rings. The van der Waals surface area contributed by atoms with Crippen LogP contribution in [0.5, 0.6) is 11.5 Å². The van der Waals surface area contributed by atoms with Crippen LogP contribution >= 0.6 is 15.9 Å². The van der Waals surface area contributed by atoms with Crippen molar-refractivity contribution in [1.82, 2.24) is 4.98 Å². The second kappa shape index (κ2) is 8.81. The number of aryl methyl sites for hydroxylation is 1. The first-order valence-corrected chi connectivity index (χ1v) is 10.4. The summed E-state index contributed by atoms with van der Waals surface area (Å²) >= 11 is 3.45. The standard InChI is InChI=1S/C24H21BrN2O4/c1-15-18-9-8-17(25)13-20(18)31-23(15)24(28)27(22-6-4-5-11-26-22)14-16-7-10-19(29-2)21(12-16)30-3/h4-13H,14H2,1-3H3. The van der Waals surface area contributed by atoms with Gasteiger partial charge in [-0.25, -0.2) is 4.98 Å². The lowest BCUT2D eigenvalue weighted by atomic mass is 10.1. The van der Waals surface area contributed by atoms with E-state index in [0.29, 0.717) is 28.7 Å². The Labute approximate surface area is 188 Å². The molecule has 0 saturated carbocycles. The molecule has 2 heterocycles. The Balaban J connectivity index is 1.76. The first-order valence-electron chi connectivity index (χ1n) is 9.64. The molecule has 7 heteroatoms. The number of carbonyl (C=O) groups is 1. The van der Waals surface area contributed by atoms with Gasteiger partial charge < -0.3 is 13.9 Å². The smallest absolute Gasteiger partial charge is 0.295 e. The number of hydrogen-bond donors (Lipinski definition) is 0. The summed E-state index contributed by atoms with van der Waals surface area (Å²) in [7, 11) is 3.17. The lowest BCUT2D eigenvalue weighted by molar-refractivity contribution is 0.0959. The zero-order valence-electron chi connectivity index (χ0n) is 17.4. The van der Waals surface area contributed by atoms with E-state index in [9.17, 15) is 4.79 Å². The van der Waals surface area contributed by atoms with Crippen LogP contribution in [0.25, 0.3) is 11.0 Å². The van der Waals surface area contributed by atoms with Gasteiger partial charge in [-0.15, -0.1) is 0 Å². The molecular formula is C24H21BrN2O4. The van der Waals surface area contributed by atoms with E-state index < -0.39 is 0 Å². The summed E-state index contributed by atoms with van der Waals surface area (Å²) in [5.74, 6) is 1.78. The number of fused-ring (bicyclic) bond motifs is 1. The van der Waals surface area contributed by atoms with E-state index >= 15 is 0 Å². The highest BCUT2D eigenvalue weighted by Gasteiger charge is 2.26. The van der Waals surface area contributed by atoms with Crippen LogP contribution < -0.4 is 14.4 Å². The van der Waals surface area contributed by atoms with Crippen molar-refractivity contribution in [2.24, 2.45) is 0 Å².